The standard InChI is InChI=1S/C23H27ClF6N6O4/c1-4-16(31-2)19(34-7-9-35(10-8-34)21(39)22(25,26)13-40-30)20(38)36(32-3)12-18(37)33-17-6-5-14(11-15(17)24)23(27,28)29/h5-6,11,31H,3-4,7-10,12-13H2,1-2H3,(H,33,37)/b19-16+. The Kier molecular flexibility index (Phi) is 11.2. The average molecular weight is 601 g/mol. The fraction of sp³-hybridized carbons (Fsp3) is 0.478. The quantitative estimate of drug-likeness (QED) is 0.175. The van der Waals surface area contributed by atoms with Gasteiger partial charge in [0, 0.05) is 45.6 Å². The molecule has 17 heteroatoms. The van der Waals surface area contributed by atoms with E-state index in [0.29, 0.717) is 23.2 Å². The molecular weight excluding hydrogens is 574 g/mol. The molecule has 0 unspecified atom stereocenters. The van der Waals surface area contributed by atoms with E-state index in [-0.39, 0.29) is 42.6 Å². The van der Waals surface area contributed by atoms with Gasteiger partial charge in [-0.1, -0.05) is 18.5 Å². The van der Waals surface area contributed by atoms with Crippen LogP contribution in [0, 0.1) is 0 Å². The maximum atomic E-state index is 13.8. The molecule has 2 N–H and O–H groups in total. The summed E-state index contributed by atoms with van der Waals surface area (Å²) in [5.41, 5.74) is -0.716. The lowest BCUT2D eigenvalue weighted by atomic mass is 10.1. The number of rotatable bonds is 11. The predicted molar refractivity (Wildman–Crippen MR) is 133 cm³/mol. The summed E-state index contributed by atoms with van der Waals surface area (Å²) in [6, 6.07) is 2.32. The van der Waals surface area contributed by atoms with Crippen LogP contribution < -0.4 is 10.6 Å². The molecule has 0 aliphatic carbocycles. The fourth-order valence-corrected chi connectivity index (χ4v) is 4.07. The number of carbonyl (C=O) groups is 3. The highest BCUT2D eigenvalue weighted by Crippen LogP contribution is 2.33. The molecule has 1 aromatic carbocycles. The summed E-state index contributed by atoms with van der Waals surface area (Å²) in [5.74, 6) is -7.35. The minimum absolute atomic E-state index is 0.0312. The summed E-state index contributed by atoms with van der Waals surface area (Å²) in [4.78, 5) is 43.4. The molecule has 222 valence electrons. The minimum atomic E-state index is -4.64. The van der Waals surface area contributed by atoms with Crippen LogP contribution in [0.4, 0.5) is 32.2 Å². The SMILES string of the molecule is C=NN(CC(=O)Nc1ccc(C(F)(F)F)cc1Cl)C(=O)/C(=C(/CC)NC)N1CCN(C(=O)C(F)(F)COF)CC1. The summed E-state index contributed by atoms with van der Waals surface area (Å²) in [6.45, 7) is 2.01. The molecule has 0 aromatic heterocycles. The molecule has 0 bridgehead atoms. The zero-order valence-electron chi connectivity index (χ0n) is 21.5. The number of nitrogens with zero attached hydrogens (tertiary/aromatic N) is 4. The molecular formula is C23H27ClF6N6O4. The minimum Gasteiger partial charge on any atom is -0.390 e. The van der Waals surface area contributed by atoms with Crippen molar-refractivity contribution in [3.8, 4) is 0 Å². The molecule has 1 heterocycles. The van der Waals surface area contributed by atoms with Crippen molar-refractivity contribution in [1.29, 1.82) is 0 Å². The van der Waals surface area contributed by atoms with E-state index < -0.39 is 48.5 Å². The number of nitrogens with one attached hydrogen (secondary N) is 2. The number of amides is 3. The van der Waals surface area contributed by atoms with Gasteiger partial charge in [0.05, 0.1) is 16.3 Å². The van der Waals surface area contributed by atoms with Crippen molar-refractivity contribution in [2.24, 2.45) is 5.10 Å². The second-order valence-corrected chi connectivity index (χ2v) is 8.82. The third-order valence-corrected chi connectivity index (χ3v) is 6.16. The number of allylic oxidation sites excluding steroid dienone is 1. The highest BCUT2D eigenvalue weighted by molar-refractivity contribution is 6.33. The van der Waals surface area contributed by atoms with E-state index in [4.69, 9.17) is 11.6 Å². The first-order valence-electron chi connectivity index (χ1n) is 11.7. The van der Waals surface area contributed by atoms with E-state index >= 15 is 0 Å². The summed E-state index contributed by atoms with van der Waals surface area (Å²) in [5, 5.41) is 9.09. The Morgan fingerprint density at radius 3 is 2.20 bits per heavy atom. The van der Waals surface area contributed by atoms with Crippen molar-refractivity contribution in [2.45, 2.75) is 25.4 Å². The summed E-state index contributed by atoms with van der Waals surface area (Å²) < 4.78 is 78.1. The molecule has 1 fully saturated rings. The molecule has 2 rings (SSSR count). The van der Waals surface area contributed by atoms with Crippen molar-refractivity contribution in [3.63, 3.8) is 0 Å². The number of piperazine rings is 1. The van der Waals surface area contributed by atoms with Crippen molar-refractivity contribution in [2.75, 3.05) is 51.7 Å². The average Bonchev–Trinajstić information content (AvgIpc) is 2.90. The largest absolute Gasteiger partial charge is 0.416 e. The Bertz CT molecular complexity index is 1140. The van der Waals surface area contributed by atoms with Gasteiger partial charge in [-0.25, -0.2) is 5.01 Å². The van der Waals surface area contributed by atoms with E-state index in [1.54, 1.807) is 6.92 Å². The second kappa shape index (κ2) is 13.7. The zero-order valence-corrected chi connectivity index (χ0v) is 22.2. The molecule has 3 amide bonds. The highest BCUT2D eigenvalue weighted by Gasteiger charge is 2.44. The zero-order chi connectivity index (χ0) is 30.3. The van der Waals surface area contributed by atoms with Crippen molar-refractivity contribution < 1.29 is 45.8 Å². The number of carbonyl (C=O) groups excluding carboxylic acids is 3. The number of hydrogen-bond acceptors (Lipinski definition) is 7. The molecule has 0 atom stereocenters. The van der Waals surface area contributed by atoms with E-state index in [2.05, 4.69) is 27.4 Å². The molecule has 1 aliphatic rings. The van der Waals surface area contributed by atoms with Gasteiger partial charge in [0.15, 0.2) is 6.61 Å². The van der Waals surface area contributed by atoms with E-state index in [1.807, 2.05) is 0 Å². The number of benzene rings is 1. The van der Waals surface area contributed by atoms with Crippen LogP contribution in [-0.4, -0.2) is 91.5 Å². The maximum Gasteiger partial charge on any atom is 0.416 e. The lowest BCUT2D eigenvalue weighted by molar-refractivity contribution is -0.208. The van der Waals surface area contributed by atoms with Crippen LogP contribution >= 0.6 is 11.6 Å². The number of anilines is 1. The molecule has 40 heavy (non-hydrogen) atoms. The number of halogens is 7. The van der Waals surface area contributed by atoms with Gasteiger partial charge in [-0.15, -0.1) is 0 Å². The normalized spacial score (nSPS) is 14.8. The first-order valence-corrected chi connectivity index (χ1v) is 12.1. The lowest BCUT2D eigenvalue weighted by Gasteiger charge is -2.39. The van der Waals surface area contributed by atoms with Crippen LogP contribution in [0.1, 0.15) is 18.9 Å². The first-order chi connectivity index (χ1) is 18.7. The Balaban J connectivity index is 2.19. The monoisotopic (exact) mass is 600 g/mol. The van der Waals surface area contributed by atoms with Gasteiger partial charge in [-0.05, 0) is 29.1 Å². The van der Waals surface area contributed by atoms with Gasteiger partial charge in [0.2, 0.25) is 5.91 Å². The Hall–Kier alpha value is -3.53. The summed E-state index contributed by atoms with van der Waals surface area (Å²) in [6.07, 6.45) is -4.33. The van der Waals surface area contributed by atoms with Gasteiger partial charge in [-0.3, -0.25) is 14.4 Å². The number of hydrazone groups is 1. The van der Waals surface area contributed by atoms with Gasteiger partial charge in [0.1, 0.15) is 12.2 Å². The Morgan fingerprint density at radius 1 is 1.12 bits per heavy atom. The van der Waals surface area contributed by atoms with Crippen molar-refractivity contribution in [1.82, 2.24) is 20.1 Å². The molecule has 0 spiro atoms. The topological polar surface area (TPSA) is 107 Å². The van der Waals surface area contributed by atoms with E-state index in [1.165, 1.54) is 11.9 Å². The molecule has 1 saturated heterocycles. The molecule has 1 aromatic rings. The van der Waals surface area contributed by atoms with Crippen LogP contribution in [0.25, 0.3) is 0 Å². The summed E-state index contributed by atoms with van der Waals surface area (Å²) in [7, 11) is 1.54. The molecule has 0 radical (unpaired) electrons. The van der Waals surface area contributed by atoms with Crippen molar-refractivity contribution in [3.05, 3.63) is 40.2 Å². The third kappa shape index (κ3) is 8.00. The van der Waals surface area contributed by atoms with Crippen LogP contribution in [0.15, 0.2) is 34.7 Å². The molecule has 10 nitrogen and oxygen atoms in total. The Morgan fingerprint density at radius 2 is 1.73 bits per heavy atom. The van der Waals surface area contributed by atoms with Crippen LogP contribution in [-0.2, 0) is 25.5 Å². The van der Waals surface area contributed by atoms with Crippen LogP contribution in [0.2, 0.25) is 5.02 Å². The lowest BCUT2D eigenvalue weighted by Crippen LogP contribution is -2.55. The van der Waals surface area contributed by atoms with Crippen LogP contribution in [0.5, 0.6) is 0 Å². The van der Waals surface area contributed by atoms with Gasteiger partial charge in [0.25, 0.3) is 11.8 Å². The molecule has 0 saturated carbocycles. The van der Waals surface area contributed by atoms with Crippen LogP contribution in [0.3, 0.4) is 0 Å². The maximum absolute atomic E-state index is 13.8. The van der Waals surface area contributed by atoms with Gasteiger partial charge < -0.3 is 20.4 Å². The predicted octanol–water partition coefficient (Wildman–Crippen LogP) is 3.26. The fourth-order valence-electron chi connectivity index (χ4n) is 3.84. The highest BCUT2D eigenvalue weighted by atomic mass is 35.5. The smallest absolute Gasteiger partial charge is 0.390 e. The van der Waals surface area contributed by atoms with Gasteiger partial charge in [-0.2, -0.15) is 32.0 Å². The number of alkyl halides is 5. The Labute approximate surface area is 230 Å². The van der Waals surface area contributed by atoms with Crippen molar-refractivity contribution >= 4 is 41.7 Å². The third-order valence-electron chi connectivity index (χ3n) is 5.84. The van der Waals surface area contributed by atoms with E-state index in [0.717, 1.165) is 17.0 Å². The summed E-state index contributed by atoms with van der Waals surface area (Å²) >= 11 is 5.87. The van der Waals surface area contributed by atoms with E-state index in [9.17, 15) is 40.9 Å². The second-order valence-electron chi connectivity index (χ2n) is 8.41. The number of hydrogen-bond donors (Lipinski definition) is 2. The van der Waals surface area contributed by atoms with Gasteiger partial charge >= 0.3 is 12.1 Å². The molecule has 1 aliphatic heterocycles. The first kappa shape index (κ1) is 32.7.